The second-order valence-corrected chi connectivity index (χ2v) is 4.28. The van der Waals surface area contributed by atoms with Gasteiger partial charge in [0.25, 0.3) is 0 Å². The summed E-state index contributed by atoms with van der Waals surface area (Å²) in [5, 5.41) is 6.13. The Morgan fingerprint density at radius 1 is 1.28 bits per heavy atom. The van der Waals surface area contributed by atoms with Gasteiger partial charge in [0.1, 0.15) is 11.3 Å². The predicted molar refractivity (Wildman–Crippen MR) is 67.0 cm³/mol. The molecule has 6 heteroatoms. The average molecular weight is 243 g/mol. The molecule has 2 aromatic heterocycles. The lowest BCUT2D eigenvalue weighted by molar-refractivity contribution is -0.122. The minimum absolute atomic E-state index is 0.116. The summed E-state index contributed by atoms with van der Waals surface area (Å²) in [6.45, 7) is 0.638. The highest BCUT2D eigenvalue weighted by Gasteiger charge is 2.17. The quantitative estimate of drug-likeness (QED) is 0.812. The molecule has 0 aliphatic carbocycles. The van der Waals surface area contributed by atoms with E-state index < -0.39 is 0 Å². The summed E-state index contributed by atoms with van der Waals surface area (Å²) in [4.78, 5) is 23.8. The third-order valence-electron chi connectivity index (χ3n) is 2.95. The first kappa shape index (κ1) is 10.9. The number of piperidine rings is 1. The van der Waals surface area contributed by atoms with Crippen LogP contribution in [0.3, 0.4) is 0 Å². The fourth-order valence-corrected chi connectivity index (χ4v) is 2.00. The first-order valence-electron chi connectivity index (χ1n) is 5.92. The highest BCUT2D eigenvalue weighted by atomic mass is 16.1. The molecule has 1 atom stereocenters. The molecule has 0 spiro atoms. The number of carbonyl (C=O) groups excluding carboxylic acids is 1. The maximum Gasteiger partial charge on any atom is 0.220 e. The van der Waals surface area contributed by atoms with Crippen LogP contribution in [0.1, 0.15) is 12.8 Å². The summed E-state index contributed by atoms with van der Waals surface area (Å²) >= 11 is 0. The molecule has 2 aromatic rings. The summed E-state index contributed by atoms with van der Waals surface area (Å²) in [5.41, 5.74) is 1.40. The molecule has 1 fully saturated rings. The van der Waals surface area contributed by atoms with Crippen LogP contribution in [0.15, 0.2) is 24.5 Å². The van der Waals surface area contributed by atoms with Crippen molar-refractivity contribution in [2.24, 2.45) is 0 Å². The normalized spacial score (nSPS) is 19.6. The molecular weight excluding hydrogens is 230 g/mol. The summed E-state index contributed by atoms with van der Waals surface area (Å²) < 4.78 is 0. The lowest BCUT2D eigenvalue weighted by atomic mass is 10.1. The highest BCUT2D eigenvalue weighted by molar-refractivity contribution is 5.77. The zero-order valence-electron chi connectivity index (χ0n) is 9.76. The summed E-state index contributed by atoms with van der Waals surface area (Å²) in [6, 6.07) is 4.00. The van der Waals surface area contributed by atoms with Crippen molar-refractivity contribution in [3.05, 3.63) is 24.5 Å². The maximum absolute atomic E-state index is 11.1. The van der Waals surface area contributed by atoms with E-state index in [1.54, 1.807) is 12.4 Å². The van der Waals surface area contributed by atoms with Crippen LogP contribution in [-0.4, -0.2) is 33.4 Å². The number of hydrogen-bond acceptors (Lipinski definition) is 5. The second-order valence-electron chi connectivity index (χ2n) is 4.28. The summed E-state index contributed by atoms with van der Waals surface area (Å²) in [7, 11) is 0. The van der Waals surface area contributed by atoms with Gasteiger partial charge in [0.2, 0.25) is 5.91 Å². The van der Waals surface area contributed by atoms with Crippen LogP contribution in [0.4, 0.5) is 5.82 Å². The number of anilines is 1. The van der Waals surface area contributed by atoms with Gasteiger partial charge in [-0.1, -0.05) is 0 Å². The molecule has 3 rings (SSSR count). The van der Waals surface area contributed by atoms with Crippen molar-refractivity contribution in [1.29, 1.82) is 0 Å². The second kappa shape index (κ2) is 4.56. The molecule has 6 nitrogen and oxygen atoms in total. The number of nitrogens with one attached hydrogen (secondary N) is 2. The number of amides is 1. The molecule has 1 amide bonds. The van der Waals surface area contributed by atoms with E-state index in [9.17, 15) is 4.79 Å². The first-order chi connectivity index (χ1) is 8.81. The molecule has 18 heavy (non-hydrogen) atoms. The van der Waals surface area contributed by atoms with Crippen molar-refractivity contribution in [2.45, 2.75) is 18.9 Å². The van der Waals surface area contributed by atoms with Crippen LogP contribution >= 0.6 is 0 Å². The molecule has 1 saturated heterocycles. The number of hydrogen-bond donors (Lipinski definition) is 2. The van der Waals surface area contributed by atoms with E-state index in [1.807, 2.05) is 12.1 Å². The predicted octanol–water partition coefficient (Wildman–Crippen LogP) is 0.715. The van der Waals surface area contributed by atoms with E-state index in [2.05, 4.69) is 25.6 Å². The topological polar surface area (TPSA) is 79.8 Å². The Hall–Kier alpha value is -2.24. The van der Waals surface area contributed by atoms with E-state index in [0.29, 0.717) is 18.6 Å². The summed E-state index contributed by atoms with van der Waals surface area (Å²) in [5.74, 6) is 0.884. The van der Waals surface area contributed by atoms with Gasteiger partial charge in [-0.15, -0.1) is 0 Å². The molecule has 0 radical (unpaired) electrons. The van der Waals surface area contributed by atoms with Crippen molar-refractivity contribution in [3.8, 4) is 0 Å². The molecule has 1 unspecified atom stereocenters. The number of fused-ring (bicyclic) bond motifs is 1. The smallest absolute Gasteiger partial charge is 0.220 e. The van der Waals surface area contributed by atoms with Crippen molar-refractivity contribution in [1.82, 2.24) is 20.3 Å². The zero-order valence-corrected chi connectivity index (χ0v) is 9.76. The number of rotatable bonds is 2. The van der Waals surface area contributed by atoms with E-state index in [-0.39, 0.29) is 11.9 Å². The van der Waals surface area contributed by atoms with Gasteiger partial charge in [0, 0.05) is 31.4 Å². The van der Waals surface area contributed by atoms with Gasteiger partial charge >= 0.3 is 0 Å². The monoisotopic (exact) mass is 243 g/mol. The maximum atomic E-state index is 11.1. The van der Waals surface area contributed by atoms with Gasteiger partial charge in [0.15, 0.2) is 5.65 Å². The van der Waals surface area contributed by atoms with Gasteiger partial charge in [-0.2, -0.15) is 0 Å². The molecule has 0 bridgehead atoms. The average Bonchev–Trinajstić information content (AvgIpc) is 2.41. The van der Waals surface area contributed by atoms with Crippen LogP contribution in [0, 0.1) is 0 Å². The van der Waals surface area contributed by atoms with Gasteiger partial charge in [-0.05, 0) is 18.6 Å². The Kier molecular flexibility index (Phi) is 2.76. The van der Waals surface area contributed by atoms with Crippen LogP contribution in [-0.2, 0) is 4.79 Å². The Morgan fingerprint density at radius 2 is 2.17 bits per heavy atom. The number of carbonyl (C=O) groups is 1. The van der Waals surface area contributed by atoms with E-state index in [4.69, 9.17) is 0 Å². The Balaban J connectivity index is 1.76. The van der Waals surface area contributed by atoms with Crippen molar-refractivity contribution in [3.63, 3.8) is 0 Å². The van der Waals surface area contributed by atoms with Gasteiger partial charge < -0.3 is 10.6 Å². The minimum Gasteiger partial charge on any atom is -0.365 e. The van der Waals surface area contributed by atoms with Crippen LogP contribution < -0.4 is 10.6 Å². The molecular formula is C12H13N5O. The zero-order chi connectivity index (χ0) is 12.4. The molecule has 3 heterocycles. The molecule has 2 N–H and O–H groups in total. The standard InChI is InChI=1S/C12H13N5O/c18-11-4-1-8(7-15-11)16-10-3-2-9-12(17-10)14-6-5-13-9/h2-3,5-6,8H,1,4,7H2,(H,15,18)(H,14,16,17). The number of aromatic nitrogens is 3. The molecule has 0 saturated carbocycles. The molecule has 0 aromatic carbocycles. The lowest BCUT2D eigenvalue weighted by Gasteiger charge is -2.23. The first-order valence-corrected chi connectivity index (χ1v) is 5.92. The van der Waals surface area contributed by atoms with E-state index in [1.165, 1.54) is 0 Å². The Bertz CT molecular complexity index is 575. The summed E-state index contributed by atoms with van der Waals surface area (Å²) in [6.07, 6.45) is 4.66. The Labute approximate surface area is 104 Å². The van der Waals surface area contributed by atoms with Crippen LogP contribution in [0.25, 0.3) is 11.2 Å². The van der Waals surface area contributed by atoms with E-state index >= 15 is 0 Å². The van der Waals surface area contributed by atoms with Gasteiger partial charge in [-0.3, -0.25) is 9.78 Å². The van der Waals surface area contributed by atoms with Gasteiger partial charge in [0.05, 0.1) is 0 Å². The highest BCUT2D eigenvalue weighted by Crippen LogP contribution is 2.13. The fraction of sp³-hybridized carbons (Fsp3) is 0.333. The molecule has 1 aliphatic rings. The van der Waals surface area contributed by atoms with Crippen molar-refractivity contribution in [2.75, 3.05) is 11.9 Å². The van der Waals surface area contributed by atoms with Crippen LogP contribution in [0.2, 0.25) is 0 Å². The van der Waals surface area contributed by atoms with Crippen molar-refractivity contribution < 1.29 is 4.79 Å². The van der Waals surface area contributed by atoms with Crippen LogP contribution in [0.5, 0.6) is 0 Å². The van der Waals surface area contributed by atoms with E-state index in [0.717, 1.165) is 17.8 Å². The third kappa shape index (κ3) is 2.22. The SMILES string of the molecule is O=C1CCC(Nc2ccc3nccnc3n2)CN1. The third-order valence-corrected chi connectivity index (χ3v) is 2.95. The molecule has 1 aliphatic heterocycles. The molecule has 92 valence electrons. The number of pyridine rings is 1. The van der Waals surface area contributed by atoms with Gasteiger partial charge in [-0.25, -0.2) is 9.97 Å². The minimum atomic E-state index is 0.116. The number of nitrogens with zero attached hydrogens (tertiary/aromatic N) is 3. The lowest BCUT2D eigenvalue weighted by Crippen LogP contribution is -2.42. The Morgan fingerprint density at radius 3 is 3.00 bits per heavy atom. The largest absolute Gasteiger partial charge is 0.365 e. The van der Waals surface area contributed by atoms with Crippen molar-refractivity contribution >= 4 is 22.9 Å². The fourth-order valence-electron chi connectivity index (χ4n) is 2.00.